The van der Waals surface area contributed by atoms with E-state index in [1.165, 1.54) is 16.7 Å². The van der Waals surface area contributed by atoms with Crippen LogP contribution in [0.25, 0.3) is 0 Å². The molecule has 0 aromatic heterocycles. The molecule has 0 heterocycles. The summed E-state index contributed by atoms with van der Waals surface area (Å²) in [5.41, 5.74) is 9.73. The number of halogens is 1. The first-order valence-corrected chi connectivity index (χ1v) is 7.73. The molecule has 2 bridgehead atoms. The zero-order valence-corrected chi connectivity index (χ0v) is 13.2. The Kier molecular flexibility index (Phi) is 4.45. The molecule has 23 heavy (non-hydrogen) atoms. The maximum absolute atomic E-state index is 10.5. The third-order valence-electron chi connectivity index (χ3n) is 3.86. The first-order valence-electron chi connectivity index (χ1n) is 7.35. The van der Waals surface area contributed by atoms with Gasteiger partial charge in [0.05, 0.1) is 0 Å². The molecule has 2 aromatic rings. The quantitative estimate of drug-likeness (QED) is 0.860. The SMILES string of the molecule is C1=CC2=CC=C1C2c1ccccc1.NC(=O)c1ccc(Cl)cc1. The highest BCUT2D eigenvalue weighted by Crippen LogP contribution is 2.42. The topological polar surface area (TPSA) is 43.1 Å². The Hall–Kier alpha value is -2.58. The number of benzene rings is 2. The molecule has 0 spiro atoms. The zero-order valence-electron chi connectivity index (χ0n) is 12.4. The van der Waals surface area contributed by atoms with Crippen LogP contribution in [0, 0.1) is 0 Å². The maximum atomic E-state index is 10.5. The minimum atomic E-state index is -0.434. The van der Waals surface area contributed by atoms with Crippen LogP contribution in [0.3, 0.4) is 0 Å². The van der Waals surface area contributed by atoms with Crippen LogP contribution in [-0.4, -0.2) is 5.91 Å². The van der Waals surface area contributed by atoms with Gasteiger partial charge >= 0.3 is 0 Å². The van der Waals surface area contributed by atoms with E-state index in [-0.39, 0.29) is 0 Å². The highest BCUT2D eigenvalue weighted by molar-refractivity contribution is 6.30. The predicted octanol–water partition coefficient (Wildman–Crippen LogP) is 4.65. The van der Waals surface area contributed by atoms with Crippen molar-refractivity contribution in [3.63, 3.8) is 0 Å². The molecule has 4 rings (SSSR count). The van der Waals surface area contributed by atoms with E-state index in [1.54, 1.807) is 24.3 Å². The highest BCUT2D eigenvalue weighted by atomic mass is 35.5. The Balaban J connectivity index is 0.000000142. The van der Waals surface area contributed by atoms with Gasteiger partial charge < -0.3 is 5.73 Å². The van der Waals surface area contributed by atoms with Crippen molar-refractivity contribution in [2.75, 3.05) is 0 Å². The van der Waals surface area contributed by atoms with Crippen molar-refractivity contribution in [1.29, 1.82) is 0 Å². The number of hydrogen-bond acceptors (Lipinski definition) is 1. The van der Waals surface area contributed by atoms with E-state index >= 15 is 0 Å². The van der Waals surface area contributed by atoms with Crippen LogP contribution in [0.15, 0.2) is 90.0 Å². The number of nitrogens with two attached hydrogens (primary N) is 1. The number of amides is 1. The second-order valence-electron chi connectivity index (χ2n) is 5.38. The molecule has 0 atom stereocenters. The Morgan fingerprint density at radius 3 is 1.91 bits per heavy atom. The van der Waals surface area contributed by atoms with Gasteiger partial charge in [-0.3, -0.25) is 4.79 Å². The van der Waals surface area contributed by atoms with Crippen LogP contribution in [0.1, 0.15) is 21.8 Å². The normalized spacial score (nSPS) is 14.8. The fraction of sp³-hybridized carbons (Fsp3) is 0.0500. The van der Waals surface area contributed by atoms with Gasteiger partial charge in [-0.25, -0.2) is 0 Å². The van der Waals surface area contributed by atoms with Gasteiger partial charge in [0.15, 0.2) is 0 Å². The lowest BCUT2D eigenvalue weighted by molar-refractivity contribution is 0.100. The average molecular weight is 322 g/mol. The molecule has 0 saturated carbocycles. The van der Waals surface area contributed by atoms with Crippen molar-refractivity contribution in [2.24, 2.45) is 5.73 Å². The lowest BCUT2D eigenvalue weighted by atomic mass is 9.93. The fourth-order valence-electron chi connectivity index (χ4n) is 2.72. The molecule has 3 heteroatoms. The highest BCUT2D eigenvalue weighted by Gasteiger charge is 2.25. The monoisotopic (exact) mass is 321 g/mol. The van der Waals surface area contributed by atoms with Crippen LogP contribution >= 0.6 is 11.6 Å². The van der Waals surface area contributed by atoms with E-state index in [9.17, 15) is 4.79 Å². The first kappa shape index (κ1) is 15.3. The molecule has 0 saturated heterocycles. The number of primary amides is 1. The number of hydrogen-bond donors (Lipinski definition) is 1. The summed E-state index contributed by atoms with van der Waals surface area (Å²) in [7, 11) is 0. The Morgan fingerprint density at radius 1 is 0.870 bits per heavy atom. The molecule has 0 aliphatic heterocycles. The summed E-state index contributed by atoms with van der Waals surface area (Å²) in [6, 6.07) is 17.1. The van der Waals surface area contributed by atoms with Crippen LogP contribution in [0.2, 0.25) is 5.02 Å². The van der Waals surface area contributed by atoms with Gasteiger partial charge in [0.1, 0.15) is 0 Å². The van der Waals surface area contributed by atoms with E-state index in [0.717, 1.165) is 0 Å². The summed E-state index contributed by atoms with van der Waals surface area (Å²) < 4.78 is 0. The lowest BCUT2D eigenvalue weighted by Gasteiger charge is -2.10. The molecular formula is C20H16ClNO. The Bertz CT molecular complexity index is 779. The summed E-state index contributed by atoms with van der Waals surface area (Å²) >= 11 is 5.56. The molecule has 2 aromatic carbocycles. The smallest absolute Gasteiger partial charge is 0.248 e. The summed E-state index contributed by atoms with van der Waals surface area (Å²) in [6.07, 6.45) is 8.86. The van der Waals surface area contributed by atoms with Crippen LogP contribution < -0.4 is 5.73 Å². The van der Waals surface area contributed by atoms with Crippen molar-refractivity contribution in [2.45, 2.75) is 5.92 Å². The van der Waals surface area contributed by atoms with Crippen LogP contribution in [0.5, 0.6) is 0 Å². The molecule has 0 radical (unpaired) electrons. The minimum Gasteiger partial charge on any atom is -0.366 e. The molecule has 1 amide bonds. The van der Waals surface area contributed by atoms with Gasteiger partial charge in [0.25, 0.3) is 0 Å². The number of fused-ring (bicyclic) bond motifs is 2. The summed E-state index contributed by atoms with van der Waals surface area (Å²) in [6.45, 7) is 0. The molecule has 2 N–H and O–H groups in total. The molecular weight excluding hydrogens is 306 g/mol. The summed E-state index contributed by atoms with van der Waals surface area (Å²) in [5.74, 6) is 0.0952. The minimum absolute atomic E-state index is 0.434. The summed E-state index contributed by atoms with van der Waals surface area (Å²) in [4.78, 5) is 10.5. The molecule has 2 nitrogen and oxygen atoms in total. The second kappa shape index (κ2) is 6.67. The van der Waals surface area contributed by atoms with Crippen molar-refractivity contribution in [1.82, 2.24) is 0 Å². The van der Waals surface area contributed by atoms with E-state index < -0.39 is 5.91 Å². The van der Waals surface area contributed by atoms with Crippen LogP contribution in [0.4, 0.5) is 0 Å². The predicted molar refractivity (Wildman–Crippen MR) is 94.5 cm³/mol. The largest absolute Gasteiger partial charge is 0.366 e. The number of carbonyl (C=O) groups excluding carboxylic acids is 1. The average Bonchev–Trinajstić information content (AvgIpc) is 3.17. The Labute approximate surface area is 140 Å². The Morgan fingerprint density at radius 2 is 1.43 bits per heavy atom. The summed E-state index contributed by atoms with van der Waals surface area (Å²) in [5, 5.41) is 0.602. The van der Waals surface area contributed by atoms with Crippen molar-refractivity contribution >= 4 is 17.5 Å². The maximum Gasteiger partial charge on any atom is 0.248 e. The van der Waals surface area contributed by atoms with Crippen molar-refractivity contribution in [3.05, 3.63) is 106 Å². The molecule has 2 aliphatic rings. The lowest BCUT2D eigenvalue weighted by Crippen LogP contribution is -2.10. The van der Waals surface area contributed by atoms with Crippen molar-refractivity contribution < 1.29 is 4.79 Å². The third kappa shape index (κ3) is 3.43. The van der Waals surface area contributed by atoms with Gasteiger partial charge in [-0.15, -0.1) is 0 Å². The van der Waals surface area contributed by atoms with Crippen molar-refractivity contribution in [3.8, 4) is 0 Å². The molecule has 2 aliphatic carbocycles. The first-order chi connectivity index (χ1) is 11.1. The van der Waals surface area contributed by atoms with Gasteiger partial charge in [-0.1, -0.05) is 66.2 Å². The standard InChI is InChI=1S/C13H10.C7H6ClNO/c1-2-4-10(5-3-1)13-11-6-7-12(13)9-8-11;8-6-3-1-5(2-4-6)7(9)10/h1-9,13H;1-4H,(H2,9,10). The second-order valence-corrected chi connectivity index (χ2v) is 5.82. The number of rotatable bonds is 2. The molecule has 0 fully saturated rings. The fourth-order valence-corrected chi connectivity index (χ4v) is 2.84. The van der Waals surface area contributed by atoms with E-state index in [4.69, 9.17) is 17.3 Å². The van der Waals surface area contributed by atoms with E-state index in [1.807, 2.05) is 0 Å². The number of allylic oxidation sites excluding steroid dienone is 6. The van der Waals surface area contributed by atoms with Gasteiger partial charge in [-0.05, 0) is 41.0 Å². The van der Waals surface area contributed by atoms with Gasteiger partial charge in [-0.2, -0.15) is 0 Å². The van der Waals surface area contributed by atoms with E-state index in [2.05, 4.69) is 54.6 Å². The molecule has 0 unspecified atom stereocenters. The number of carbonyl (C=O) groups is 1. The van der Waals surface area contributed by atoms with Gasteiger partial charge in [0, 0.05) is 16.5 Å². The van der Waals surface area contributed by atoms with Crippen LogP contribution in [-0.2, 0) is 0 Å². The third-order valence-corrected chi connectivity index (χ3v) is 4.12. The molecule has 114 valence electrons. The van der Waals surface area contributed by atoms with E-state index in [0.29, 0.717) is 16.5 Å². The van der Waals surface area contributed by atoms with Gasteiger partial charge in [0.2, 0.25) is 5.91 Å². The zero-order chi connectivity index (χ0) is 16.2.